The molecular formula is C22H21N5O3. The molecule has 3 aromatic heterocycles. The number of aromatic nitrogens is 4. The van der Waals surface area contributed by atoms with Gasteiger partial charge in [-0.25, -0.2) is 4.98 Å². The fourth-order valence-corrected chi connectivity index (χ4v) is 3.79. The molecule has 0 unspecified atom stereocenters. The molecular weight excluding hydrogens is 382 g/mol. The van der Waals surface area contributed by atoms with Crippen LogP contribution in [0.15, 0.2) is 57.7 Å². The molecule has 4 aromatic rings. The third kappa shape index (κ3) is 3.80. The van der Waals surface area contributed by atoms with Crippen LogP contribution in [0.1, 0.15) is 37.0 Å². The summed E-state index contributed by atoms with van der Waals surface area (Å²) < 4.78 is 11.2. The van der Waals surface area contributed by atoms with E-state index < -0.39 is 0 Å². The first-order valence-corrected chi connectivity index (χ1v) is 10.1. The summed E-state index contributed by atoms with van der Waals surface area (Å²) in [5, 5.41) is 3.98. The van der Waals surface area contributed by atoms with E-state index in [1.165, 1.54) is 0 Å². The van der Waals surface area contributed by atoms with Crippen LogP contribution in [0, 0.1) is 0 Å². The molecule has 1 aliphatic rings. The number of carbonyl (C=O) groups excluding carboxylic acids is 1. The van der Waals surface area contributed by atoms with Crippen LogP contribution >= 0.6 is 0 Å². The molecule has 0 atom stereocenters. The maximum absolute atomic E-state index is 12.6. The highest BCUT2D eigenvalue weighted by Crippen LogP contribution is 2.30. The third-order valence-corrected chi connectivity index (χ3v) is 5.47. The number of aryl methyl sites for hydroxylation is 1. The summed E-state index contributed by atoms with van der Waals surface area (Å²) in [6.45, 7) is 1.41. The number of rotatable bonds is 5. The van der Waals surface area contributed by atoms with Crippen molar-refractivity contribution in [1.82, 2.24) is 25.0 Å². The lowest BCUT2D eigenvalue weighted by molar-refractivity contribution is -0.132. The topological polar surface area (TPSA) is 98.1 Å². The number of piperidine rings is 1. The summed E-state index contributed by atoms with van der Waals surface area (Å²) >= 11 is 0. The first-order chi connectivity index (χ1) is 14.8. The summed E-state index contributed by atoms with van der Waals surface area (Å²) in [4.78, 5) is 27.5. The molecule has 1 amide bonds. The zero-order valence-electron chi connectivity index (χ0n) is 16.4. The van der Waals surface area contributed by atoms with Gasteiger partial charge in [-0.1, -0.05) is 17.3 Å². The van der Waals surface area contributed by atoms with Gasteiger partial charge in [0, 0.05) is 49.8 Å². The van der Waals surface area contributed by atoms with E-state index in [2.05, 4.69) is 20.1 Å². The molecule has 0 N–H and O–H groups in total. The second kappa shape index (κ2) is 8.06. The lowest BCUT2D eigenvalue weighted by Gasteiger charge is -2.30. The van der Waals surface area contributed by atoms with Crippen LogP contribution in [0.3, 0.4) is 0 Å². The van der Waals surface area contributed by atoms with Gasteiger partial charge in [0.25, 0.3) is 0 Å². The summed E-state index contributed by atoms with van der Waals surface area (Å²) in [7, 11) is 0. The van der Waals surface area contributed by atoms with Crippen LogP contribution < -0.4 is 0 Å². The Morgan fingerprint density at radius 3 is 2.67 bits per heavy atom. The summed E-state index contributed by atoms with van der Waals surface area (Å²) in [5.74, 6) is 2.11. The second-order valence-electron chi connectivity index (χ2n) is 7.42. The highest BCUT2D eigenvalue weighted by molar-refractivity contribution is 5.76. The summed E-state index contributed by atoms with van der Waals surface area (Å²) in [6.07, 6.45) is 5.85. The molecule has 0 bridgehead atoms. The Hall–Kier alpha value is -3.55. The predicted molar refractivity (Wildman–Crippen MR) is 108 cm³/mol. The van der Waals surface area contributed by atoms with E-state index in [4.69, 9.17) is 8.94 Å². The fraction of sp³-hybridized carbons (Fsp3) is 0.318. The molecule has 1 aliphatic heterocycles. The van der Waals surface area contributed by atoms with Crippen molar-refractivity contribution in [1.29, 1.82) is 0 Å². The van der Waals surface area contributed by atoms with Crippen LogP contribution in [-0.2, 0) is 11.2 Å². The number of carbonyl (C=O) groups is 1. The molecule has 0 saturated carbocycles. The summed E-state index contributed by atoms with van der Waals surface area (Å²) in [5.41, 5.74) is 2.54. The highest BCUT2D eigenvalue weighted by atomic mass is 16.5. The van der Waals surface area contributed by atoms with Crippen LogP contribution in [0.25, 0.3) is 22.5 Å². The Labute approximate surface area is 172 Å². The number of hydrogen-bond acceptors (Lipinski definition) is 7. The van der Waals surface area contributed by atoms with Crippen LogP contribution in [0.4, 0.5) is 0 Å². The maximum Gasteiger partial charge on any atom is 0.227 e. The molecule has 152 valence electrons. The van der Waals surface area contributed by atoms with E-state index in [0.717, 1.165) is 35.4 Å². The number of hydrogen-bond donors (Lipinski definition) is 0. The number of pyridine rings is 1. The standard InChI is InChI=1S/C22H21N5O3/c28-20(6-5-19-25-21(26-30-19)15-7-11-23-12-8-15)27-13-9-16(10-14-27)22-24-17-3-1-2-4-18(17)29-22/h1-4,7-8,11-12,16H,5-6,9-10,13-14H2. The van der Waals surface area contributed by atoms with Gasteiger partial charge in [-0.2, -0.15) is 4.98 Å². The van der Waals surface area contributed by atoms with Gasteiger partial charge < -0.3 is 13.8 Å². The number of benzene rings is 1. The molecule has 0 radical (unpaired) electrons. The molecule has 4 heterocycles. The normalized spacial score (nSPS) is 15.0. The lowest BCUT2D eigenvalue weighted by atomic mass is 9.96. The van der Waals surface area contributed by atoms with Crippen molar-refractivity contribution in [2.45, 2.75) is 31.6 Å². The molecule has 1 saturated heterocycles. The SMILES string of the molecule is O=C(CCc1nc(-c2ccncc2)no1)N1CCC(c2nc3ccccc3o2)CC1. The third-order valence-electron chi connectivity index (χ3n) is 5.47. The van der Waals surface area contributed by atoms with Crippen LogP contribution in [-0.4, -0.2) is 44.0 Å². The van der Waals surface area contributed by atoms with Gasteiger partial charge in [0.1, 0.15) is 5.52 Å². The van der Waals surface area contributed by atoms with E-state index >= 15 is 0 Å². The van der Waals surface area contributed by atoms with Gasteiger partial charge in [-0.05, 0) is 37.1 Å². The van der Waals surface area contributed by atoms with Crippen molar-refractivity contribution in [3.63, 3.8) is 0 Å². The van der Waals surface area contributed by atoms with E-state index in [0.29, 0.717) is 37.6 Å². The van der Waals surface area contributed by atoms with Crippen molar-refractivity contribution < 1.29 is 13.7 Å². The van der Waals surface area contributed by atoms with E-state index in [1.54, 1.807) is 12.4 Å². The van der Waals surface area contributed by atoms with Crippen molar-refractivity contribution in [2.75, 3.05) is 13.1 Å². The predicted octanol–water partition coefficient (Wildman–Crippen LogP) is 3.61. The number of amides is 1. The molecule has 5 rings (SSSR count). The zero-order chi connectivity index (χ0) is 20.3. The minimum absolute atomic E-state index is 0.106. The monoisotopic (exact) mass is 403 g/mol. The van der Waals surface area contributed by atoms with Gasteiger partial charge in [0.05, 0.1) is 0 Å². The Kier molecular flexibility index (Phi) is 4.96. The Balaban J connectivity index is 1.14. The quantitative estimate of drug-likeness (QED) is 0.502. The lowest BCUT2D eigenvalue weighted by Crippen LogP contribution is -2.38. The van der Waals surface area contributed by atoms with Gasteiger partial charge in [-0.3, -0.25) is 9.78 Å². The van der Waals surface area contributed by atoms with Crippen molar-refractivity contribution in [2.24, 2.45) is 0 Å². The number of para-hydroxylation sites is 2. The van der Waals surface area contributed by atoms with E-state index in [1.807, 2.05) is 41.3 Å². The van der Waals surface area contributed by atoms with Crippen LogP contribution in [0.2, 0.25) is 0 Å². The van der Waals surface area contributed by atoms with Crippen LogP contribution in [0.5, 0.6) is 0 Å². The number of oxazole rings is 1. The number of nitrogens with zero attached hydrogens (tertiary/aromatic N) is 5. The van der Waals surface area contributed by atoms with Gasteiger partial charge in [-0.15, -0.1) is 0 Å². The Morgan fingerprint density at radius 1 is 1.07 bits per heavy atom. The molecule has 8 nitrogen and oxygen atoms in total. The smallest absolute Gasteiger partial charge is 0.227 e. The molecule has 0 spiro atoms. The average molecular weight is 403 g/mol. The minimum atomic E-state index is 0.106. The highest BCUT2D eigenvalue weighted by Gasteiger charge is 2.27. The molecule has 0 aliphatic carbocycles. The summed E-state index contributed by atoms with van der Waals surface area (Å²) in [6, 6.07) is 11.4. The average Bonchev–Trinajstić information content (AvgIpc) is 3.45. The Bertz CT molecular complexity index is 1110. The molecule has 1 aromatic carbocycles. The fourth-order valence-electron chi connectivity index (χ4n) is 3.79. The number of likely N-dealkylation sites (tertiary alicyclic amines) is 1. The van der Waals surface area contributed by atoms with E-state index in [9.17, 15) is 4.79 Å². The first-order valence-electron chi connectivity index (χ1n) is 10.1. The molecule has 30 heavy (non-hydrogen) atoms. The maximum atomic E-state index is 12.6. The zero-order valence-corrected chi connectivity index (χ0v) is 16.4. The minimum Gasteiger partial charge on any atom is -0.440 e. The molecule has 1 fully saturated rings. The largest absolute Gasteiger partial charge is 0.440 e. The van der Waals surface area contributed by atoms with Gasteiger partial charge >= 0.3 is 0 Å². The van der Waals surface area contributed by atoms with Crippen molar-refractivity contribution in [3.05, 3.63) is 60.6 Å². The van der Waals surface area contributed by atoms with E-state index in [-0.39, 0.29) is 11.8 Å². The second-order valence-corrected chi connectivity index (χ2v) is 7.42. The number of fused-ring (bicyclic) bond motifs is 1. The van der Waals surface area contributed by atoms with Gasteiger partial charge in [0.15, 0.2) is 11.5 Å². The molecule has 8 heteroatoms. The van der Waals surface area contributed by atoms with Crippen molar-refractivity contribution in [3.8, 4) is 11.4 Å². The first kappa shape index (κ1) is 18.5. The van der Waals surface area contributed by atoms with Gasteiger partial charge in [0.2, 0.25) is 17.6 Å². The Morgan fingerprint density at radius 2 is 1.87 bits per heavy atom. The van der Waals surface area contributed by atoms with Crippen molar-refractivity contribution >= 4 is 17.0 Å².